The summed E-state index contributed by atoms with van der Waals surface area (Å²) in [4.78, 5) is 0. The van der Waals surface area contributed by atoms with Crippen LogP contribution in [0.2, 0.25) is 0 Å². The summed E-state index contributed by atoms with van der Waals surface area (Å²) in [6.07, 6.45) is 6.17. The van der Waals surface area contributed by atoms with Crippen LogP contribution in [0.1, 0.15) is 43.6 Å². The lowest BCUT2D eigenvalue weighted by molar-refractivity contribution is 0.323. The molecule has 0 atom stereocenters. The SMILES string of the molecule is COc1cc(F)ccc1C1CCC([C]2CCNC2)CC1. The largest absolute Gasteiger partial charge is 0.496 e. The van der Waals surface area contributed by atoms with Gasteiger partial charge in [0.15, 0.2) is 0 Å². The average molecular weight is 276 g/mol. The first kappa shape index (κ1) is 13.9. The van der Waals surface area contributed by atoms with Gasteiger partial charge in [0, 0.05) is 12.6 Å². The molecule has 0 spiro atoms. The number of halogens is 1. The number of hydrogen-bond acceptors (Lipinski definition) is 2. The van der Waals surface area contributed by atoms with Crippen LogP contribution in [0.15, 0.2) is 18.2 Å². The lowest BCUT2D eigenvalue weighted by Gasteiger charge is -2.32. The van der Waals surface area contributed by atoms with E-state index in [0.29, 0.717) is 11.7 Å². The van der Waals surface area contributed by atoms with Crippen LogP contribution in [0.25, 0.3) is 0 Å². The summed E-state index contributed by atoms with van der Waals surface area (Å²) in [5.41, 5.74) is 1.18. The van der Waals surface area contributed by atoms with Crippen molar-refractivity contribution in [3.05, 3.63) is 35.5 Å². The van der Waals surface area contributed by atoms with Gasteiger partial charge in [-0.1, -0.05) is 6.07 Å². The lowest BCUT2D eigenvalue weighted by atomic mass is 9.73. The fraction of sp³-hybridized carbons (Fsp3) is 0.588. The molecule has 2 aliphatic rings. The molecular formula is C17H23FNO. The molecule has 3 rings (SSSR count). The third-order valence-corrected chi connectivity index (χ3v) is 4.91. The summed E-state index contributed by atoms with van der Waals surface area (Å²) in [6.45, 7) is 2.27. The smallest absolute Gasteiger partial charge is 0.126 e. The monoisotopic (exact) mass is 276 g/mol. The van der Waals surface area contributed by atoms with Crippen LogP contribution >= 0.6 is 0 Å². The van der Waals surface area contributed by atoms with E-state index in [1.54, 1.807) is 19.1 Å². The van der Waals surface area contributed by atoms with Crippen LogP contribution in [0.4, 0.5) is 4.39 Å². The average Bonchev–Trinajstić information content (AvgIpc) is 3.01. The van der Waals surface area contributed by atoms with E-state index >= 15 is 0 Å². The molecule has 3 heteroatoms. The van der Waals surface area contributed by atoms with E-state index in [1.165, 1.54) is 43.7 Å². The summed E-state index contributed by atoms with van der Waals surface area (Å²) < 4.78 is 18.6. The molecule has 0 unspecified atom stereocenters. The van der Waals surface area contributed by atoms with Crippen molar-refractivity contribution in [2.75, 3.05) is 20.2 Å². The third kappa shape index (κ3) is 2.83. The summed E-state index contributed by atoms with van der Waals surface area (Å²) >= 11 is 0. The number of ether oxygens (including phenoxy) is 1. The van der Waals surface area contributed by atoms with Gasteiger partial charge in [0.1, 0.15) is 11.6 Å². The van der Waals surface area contributed by atoms with Crippen molar-refractivity contribution in [1.82, 2.24) is 5.32 Å². The fourth-order valence-electron chi connectivity index (χ4n) is 3.77. The second kappa shape index (κ2) is 6.13. The minimum absolute atomic E-state index is 0.216. The van der Waals surface area contributed by atoms with Crippen molar-refractivity contribution in [3.8, 4) is 5.75 Å². The zero-order valence-electron chi connectivity index (χ0n) is 12.1. The van der Waals surface area contributed by atoms with Crippen molar-refractivity contribution in [3.63, 3.8) is 0 Å². The molecule has 1 heterocycles. The Bertz CT molecular complexity index is 448. The highest BCUT2D eigenvalue weighted by atomic mass is 19.1. The van der Waals surface area contributed by atoms with Gasteiger partial charge in [-0.2, -0.15) is 0 Å². The second-order valence-electron chi connectivity index (χ2n) is 6.02. The molecule has 0 amide bonds. The lowest BCUT2D eigenvalue weighted by Crippen LogP contribution is -2.21. The van der Waals surface area contributed by atoms with Crippen molar-refractivity contribution < 1.29 is 9.13 Å². The van der Waals surface area contributed by atoms with Gasteiger partial charge in [0.2, 0.25) is 0 Å². The van der Waals surface area contributed by atoms with Crippen LogP contribution in [0.5, 0.6) is 5.75 Å². The van der Waals surface area contributed by atoms with Crippen molar-refractivity contribution in [1.29, 1.82) is 0 Å². The molecule has 1 radical (unpaired) electrons. The molecule has 1 N–H and O–H groups in total. The number of nitrogens with one attached hydrogen (secondary N) is 1. The number of hydrogen-bond donors (Lipinski definition) is 1. The van der Waals surface area contributed by atoms with E-state index in [-0.39, 0.29) is 5.82 Å². The Kier molecular flexibility index (Phi) is 4.25. The van der Waals surface area contributed by atoms with E-state index in [2.05, 4.69) is 5.32 Å². The zero-order chi connectivity index (χ0) is 13.9. The van der Waals surface area contributed by atoms with Gasteiger partial charge in [0.05, 0.1) is 7.11 Å². The van der Waals surface area contributed by atoms with Crippen LogP contribution in [0, 0.1) is 17.7 Å². The minimum atomic E-state index is -0.216. The normalized spacial score (nSPS) is 27.7. The standard InChI is InChI=1S/C17H23FNO/c1-20-17-10-15(18)6-7-16(17)13-4-2-12(3-5-13)14-8-9-19-11-14/h6-7,10,12-13,19H,2-5,8-9,11H2,1H3. The minimum Gasteiger partial charge on any atom is -0.496 e. The first-order valence-electron chi connectivity index (χ1n) is 7.66. The van der Waals surface area contributed by atoms with E-state index < -0.39 is 0 Å². The Morgan fingerprint density at radius 2 is 1.90 bits per heavy atom. The molecule has 20 heavy (non-hydrogen) atoms. The summed E-state index contributed by atoms with van der Waals surface area (Å²) in [5.74, 6) is 3.54. The van der Waals surface area contributed by atoms with Crippen LogP contribution in [-0.4, -0.2) is 20.2 Å². The second-order valence-corrected chi connectivity index (χ2v) is 6.02. The summed E-state index contributed by atoms with van der Waals surface area (Å²) in [5, 5.41) is 3.44. The van der Waals surface area contributed by atoms with Crippen molar-refractivity contribution in [2.24, 2.45) is 5.92 Å². The number of benzene rings is 1. The zero-order valence-corrected chi connectivity index (χ0v) is 12.1. The highest BCUT2D eigenvalue weighted by Crippen LogP contribution is 2.43. The topological polar surface area (TPSA) is 21.3 Å². The molecular weight excluding hydrogens is 253 g/mol. The predicted octanol–water partition coefficient (Wildman–Crippen LogP) is 3.68. The Morgan fingerprint density at radius 3 is 2.55 bits per heavy atom. The maximum atomic E-state index is 13.3. The molecule has 1 aromatic carbocycles. The summed E-state index contributed by atoms with van der Waals surface area (Å²) in [7, 11) is 1.63. The van der Waals surface area contributed by atoms with E-state index in [0.717, 1.165) is 19.0 Å². The van der Waals surface area contributed by atoms with Gasteiger partial charge in [-0.15, -0.1) is 0 Å². The quantitative estimate of drug-likeness (QED) is 0.909. The molecule has 1 aliphatic heterocycles. The molecule has 1 saturated heterocycles. The van der Waals surface area contributed by atoms with E-state index in [4.69, 9.17) is 4.74 Å². The first-order valence-corrected chi connectivity index (χ1v) is 7.66. The number of methoxy groups -OCH3 is 1. The van der Waals surface area contributed by atoms with Gasteiger partial charge in [-0.25, -0.2) is 4.39 Å². The van der Waals surface area contributed by atoms with E-state index in [1.807, 2.05) is 6.07 Å². The maximum Gasteiger partial charge on any atom is 0.126 e. The Hall–Kier alpha value is -1.09. The number of rotatable bonds is 3. The molecule has 1 aliphatic carbocycles. The predicted molar refractivity (Wildman–Crippen MR) is 78.4 cm³/mol. The maximum absolute atomic E-state index is 13.3. The van der Waals surface area contributed by atoms with Crippen LogP contribution < -0.4 is 10.1 Å². The third-order valence-electron chi connectivity index (χ3n) is 4.91. The molecule has 1 aromatic rings. The van der Waals surface area contributed by atoms with Crippen LogP contribution in [-0.2, 0) is 0 Å². The molecule has 2 nitrogen and oxygen atoms in total. The fourth-order valence-corrected chi connectivity index (χ4v) is 3.77. The van der Waals surface area contributed by atoms with E-state index in [9.17, 15) is 4.39 Å². The van der Waals surface area contributed by atoms with Crippen molar-refractivity contribution in [2.45, 2.75) is 38.0 Å². The molecule has 0 bridgehead atoms. The molecule has 109 valence electrons. The molecule has 0 aromatic heterocycles. The highest BCUT2D eigenvalue weighted by Gasteiger charge is 2.31. The van der Waals surface area contributed by atoms with Gasteiger partial charge < -0.3 is 10.1 Å². The Morgan fingerprint density at radius 1 is 1.15 bits per heavy atom. The Balaban J connectivity index is 1.65. The van der Waals surface area contributed by atoms with Crippen molar-refractivity contribution >= 4 is 0 Å². The molecule has 1 saturated carbocycles. The van der Waals surface area contributed by atoms with Gasteiger partial charge in [-0.05, 0) is 68.0 Å². The van der Waals surface area contributed by atoms with Crippen LogP contribution in [0.3, 0.4) is 0 Å². The molecule has 2 fully saturated rings. The van der Waals surface area contributed by atoms with Gasteiger partial charge >= 0.3 is 0 Å². The van der Waals surface area contributed by atoms with Gasteiger partial charge in [-0.3, -0.25) is 0 Å². The Labute approximate surface area is 120 Å². The summed E-state index contributed by atoms with van der Waals surface area (Å²) in [6, 6.07) is 4.97. The van der Waals surface area contributed by atoms with Gasteiger partial charge in [0.25, 0.3) is 0 Å². The highest BCUT2D eigenvalue weighted by molar-refractivity contribution is 5.37. The first-order chi connectivity index (χ1) is 9.78.